The zero-order chi connectivity index (χ0) is 39.7. The minimum Gasteiger partial charge on any atom is -0.750 e. The summed E-state index contributed by atoms with van der Waals surface area (Å²) in [4.78, 5) is 12.0. The van der Waals surface area contributed by atoms with Crippen molar-refractivity contribution in [3.05, 3.63) is 0 Å². The Morgan fingerprint density at radius 1 is 0.776 bits per heavy atom. The van der Waals surface area contributed by atoms with Crippen LogP contribution in [0.2, 0.25) is 0 Å². The maximum Gasteiger partial charge on any atom is 1.00 e. The molecule has 7 N–H and O–H groups in total. The van der Waals surface area contributed by atoms with Crippen LogP contribution in [0.1, 0.15) is 64.2 Å². The van der Waals surface area contributed by atoms with Crippen molar-refractivity contribution in [2.75, 3.05) is 7.11 Å². The molecule has 16 atom stereocenters. The van der Waals surface area contributed by atoms with Gasteiger partial charge < -0.3 is 33.2 Å². The minimum atomic E-state index is -4.93. The number of hydrogen-bond acceptors (Lipinski definition) is 22. The van der Waals surface area contributed by atoms with E-state index in [1.807, 2.05) is 0 Å². The van der Waals surface area contributed by atoms with Gasteiger partial charge in [0.2, 0.25) is 0 Å². The number of aliphatic carboxylic acids is 1. The summed E-state index contributed by atoms with van der Waals surface area (Å²) >= 11 is -3.15. The van der Waals surface area contributed by atoms with Crippen molar-refractivity contribution < 1.29 is 190 Å². The van der Waals surface area contributed by atoms with Crippen molar-refractivity contribution in [3.63, 3.8) is 0 Å². The molecule has 1 heterocycles. The van der Waals surface area contributed by atoms with Crippen LogP contribution in [0.3, 0.4) is 0 Å². The van der Waals surface area contributed by atoms with E-state index >= 15 is 0 Å². The minimum absolute atomic E-state index is 0. The zero-order valence-corrected chi connectivity index (χ0v) is 44.1. The zero-order valence-electron chi connectivity index (χ0n) is 32.9. The topological polar surface area (TPSA) is 373 Å². The average Bonchev–Trinajstić information content (AvgIpc) is 3.06. The van der Waals surface area contributed by atoms with Crippen LogP contribution >= 0.6 is 0 Å². The van der Waals surface area contributed by atoms with Gasteiger partial charge in [0, 0.05) is 25.1 Å². The Bertz CT molecular complexity index is 1750. The number of ether oxygens (including phenoxy) is 1. The molecule has 23 nitrogen and oxygen atoms in total. The number of carbonyl (C=O) groups is 1. The second-order valence-corrected chi connectivity index (χ2v) is 20.0. The van der Waals surface area contributed by atoms with Crippen molar-refractivity contribution >= 4 is 47.7 Å². The Morgan fingerprint density at radius 2 is 1.34 bits per heavy atom. The second-order valence-electron chi connectivity index (χ2n) is 14.5. The van der Waals surface area contributed by atoms with Crippen LogP contribution in [0.15, 0.2) is 10.2 Å². The van der Waals surface area contributed by atoms with E-state index in [9.17, 15) is 62.7 Å². The molecule has 0 aromatic heterocycles. The number of carboxylic acid groups (broad SMARTS) is 1. The monoisotopic (exact) mass is 943 g/mol. The molecule has 5 fully saturated rings. The van der Waals surface area contributed by atoms with Crippen molar-refractivity contribution in [3.8, 4) is 0 Å². The Hall–Kier alpha value is 2.59. The van der Waals surface area contributed by atoms with Gasteiger partial charge in [0.1, 0.15) is 24.7 Å². The van der Waals surface area contributed by atoms with E-state index in [1.54, 1.807) is 0 Å². The maximum atomic E-state index is 12.4. The van der Waals surface area contributed by atoms with Crippen LogP contribution in [-0.4, -0.2) is 142 Å². The number of methoxy groups -OCH3 is 1. The maximum absolute atomic E-state index is 12.4. The van der Waals surface area contributed by atoms with Gasteiger partial charge in [-0.3, -0.25) is 35.6 Å². The van der Waals surface area contributed by atoms with Crippen LogP contribution in [0.25, 0.3) is 0 Å². The Kier molecular flexibility index (Phi) is 25.2. The van der Waals surface area contributed by atoms with Gasteiger partial charge in [0.05, 0.1) is 75.5 Å². The summed E-state index contributed by atoms with van der Waals surface area (Å²) in [5, 5.41) is 40.8. The first-order chi connectivity index (χ1) is 25.1. The van der Waals surface area contributed by atoms with Crippen LogP contribution in [-0.2, 0) is 55.4 Å². The molecule has 0 spiro atoms. The quantitative estimate of drug-likeness (QED) is 0.0390. The van der Waals surface area contributed by atoms with E-state index in [0.29, 0.717) is 12.8 Å². The van der Waals surface area contributed by atoms with Gasteiger partial charge in [0.15, 0.2) is 6.35 Å². The van der Waals surface area contributed by atoms with Crippen molar-refractivity contribution in [1.82, 2.24) is 26.6 Å². The van der Waals surface area contributed by atoms with E-state index in [1.165, 1.54) is 7.11 Å². The molecule has 5 aliphatic rings. The molecule has 312 valence electrons. The molecular weight excluding hydrogens is 899 g/mol. The molecule has 58 heavy (non-hydrogen) atoms. The molecule has 4 aliphatic carbocycles. The predicted molar refractivity (Wildman–Crippen MR) is 179 cm³/mol. The molecule has 1 saturated heterocycles. The van der Waals surface area contributed by atoms with Crippen molar-refractivity contribution in [2.45, 2.75) is 135 Å². The van der Waals surface area contributed by atoms with Gasteiger partial charge in [-0.05, 0) is 57.3 Å². The summed E-state index contributed by atoms with van der Waals surface area (Å²) in [6.07, 6.45) is -6.13. The van der Waals surface area contributed by atoms with E-state index in [2.05, 4.69) is 36.8 Å². The molecule has 5 rings (SSSR count). The molecular formula is C27H45N7Na4O16S4. The number of hydrogen-bond donors (Lipinski definition) is 7. The van der Waals surface area contributed by atoms with Gasteiger partial charge >= 0.3 is 124 Å². The van der Waals surface area contributed by atoms with Crippen LogP contribution < -0.4 is 145 Å². The molecule has 31 heteroatoms. The van der Waals surface area contributed by atoms with Gasteiger partial charge in [-0.1, -0.05) is 12.8 Å². The van der Waals surface area contributed by atoms with Gasteiger partial charge in [-0.2, -0.15) is 10.2 Å². The molecule has 4 saturated carbocycles. The van der Waals surface area contributed by atoms with Crippen molar-refractivity contribution in [2.24, 2.45) is 28.0 Å². The molecule has 16 unspecified atom stereocenters. The van der Waals surface area contributed by atoms with Crippen molar-refractivity contribution in [1.29, 1.82) is 0 Å². The summed E-state index contributed by atoms with van der Waals surface area (Å²) in [6.45, 7) is 0. The van der Waals surface area contributed by atoms with Gasteiger partial charge in [0.25, 0.3) is 0 Å². The molecule has 0 amide bonds. The van der Waals surface area contributed by atoms with E-state index in [0.717, 1.165) is 0 Å². The van der Waals surface area contributed by atoms with Crippen LogP contribution in [0.5, 0.6) is 0 Å². The summed E-state index contributed by atoms with van der Waals surface area (Å²) in [7, 11) is -13.1. The molecule has 0 radical (unpaired) electrons. The Balaban J connectivity index is 0.00000420. The molecule has 0 aromatic rings. The third-order valence-corrected chi connectivity index (χ3v) is 15.4. The normalized spacial score (nSPS) is 39.0. The van der Waals surface area contributed by atoms with Crippen LogP contribution in [0.4, 0.5) is 0 Å². The van der Waals surface area contributed by atoms with E-state index < -0.39 is 136 Å². The smallest absolute Gasteiger partial charge is 0.750 e. The summed E-state index contributed by atoms with van der Waals surface area (Å²) < 4.78 is 142. The standard InChI is InChI=1S/C27H49N7O16S4.4Na/c1-49-27-31-25(28-17-10-13(52(40,41)42)6-7-15(17)24(36)37)30-26(32-27)29-18-11-14(53(43,44)45)8-12-9-19(50-51(38)39)22(23(35)21(12)18)34-33-16-4-2-3-5-20(16)54(46,47)48;;;;/h12-23,25-32,35H,2-11H2,1H3,(H,36,37)(H,38,39)(H,40,41,42)(H,43,44,45)(H,46,47,48);;;;/q;4*+1/p-4. The SMILES string of the molecule is COC1NC(NC2CC(S(=O)(=O)[O-])CCC2C(=O)O)NC(NC2CC(S(=O)(=O)[O-])CC3CC(OS(=O)[O-])C(N=NC4CCCCC4S(=O)(=O)[O-])C(O)C32)N1.[Na+].[Na+].[Na+].[Na+]. The fraction of sp³-hybridized carbons (Fsp3) is 0.963. The van der Waals surface area contributed by atoms with Gasteiger partial charge in [-0.25, -0.2) is 29.5 Å². The fourth-order valence-corrected chi connectivity index (χ4v) is 11.9. The number of rotatable bonds is 13. The third-order valence-electron chi connectivity index (χ3n) is 11.2. The first-order valence-corrected chi connectivity index (χ1v) is 22.8. The summed E-state index contributed by atoms with van der Waals surface area (Å²) in [5.74, 6) is -4.03. The number of fused-ring (bicyclic) bond motifs is 1. The van der Waals surface area contributed by atoms with E-state index in [4.69, 9.17) is 8.92 Å². The predicted octanol–water partition coefficient (Wildman–Crippen LogP) is -15.4. The van der Waals surface area contributed by atoms with Crippen LogP contribution in [0, 0.1) is 17.8 Å². The molecule has 0 bridgehead atoms. The number of aliphatic hydroxyl groups excluding tert-OH is 1. The molecule has 1 aliphatic heterocycles. The number of nitrogens with one attached hydrogen (secondary N) is 5. The molecule has 0 aromatic carbocycles. The summed E-state index contributed by atoms with van der Waals surface area (Å²) in [6, 6.07) is -4.51. The Morgan fingerprint density at radius 3 is 1.88 bits per heavy atom. The number of nitrogens with zero attached hydrogens (tertiary/aromatic N) is 2. The number of aliphatic hydroxyl groups is 1. The van der Waals surface area contributed by atoms with E-state index in [-0.39, 0.29) is 170 Å². The average molecular weight is 944 g/mol. The largest absolute Gasteiger partial charge is 1.00 e. The Labute approximate surface area is 428 Å². The summed E-state index contributed by atoms with van der Waals surface area (Å²) in [5.41, 5.74) is 0. The first-order valence-electron chi connectivity index (χ1n) is 17.4. The number of azo groups is 1. The van der Waals surface area contributed by atoms with Gasteiger partial charge in [-0.15, -0.1) is 0 Å². The second kappa shape index (κ2) is 24.9. The first kappa shape index (κ1) is 58.6. The third kappa shape index (κ3) is 15.6. The fourth-order valence-electron chi connectivity index (χ4n) is 8.72. The number of carboxylic acids is 1.